The number of likely N-dealkylation sites (tertiary alicyclic amines) is 3. The number of aliphatic hydroxyl groups excluding tert-OH is 1. The van der Waals surface area contributed by atoms with Gasteiger partial charge in [-0.25, -0.2) is 4.79 Å². The van der Waals surface area contributed by atoms with Crippen LogP contribution in [0.1, 0.15) is 90.0 Å². The van der Waals surface area contributed by atoms with Gasteiger partial charge in [-0.1, -0.05) is 32.0 Å². The molecule has 0 aliphatic carbocycles. The number of carbonyl (C=O) groups excluding carboxylic acids is 8. The molecule has 8 atom stereocenters. The van der Waals surface area contributed by atoms with Crippen LogP contribution in [-0.2, 0) is 49.6 Å². The Balaban J connectivity index is 1.24. The molecule has 3 saturated heterocycles. The van der Waals surface area contributed by atoms with Crippen LogP contribution >= 0.6 is 0 Å². The molecule has 0 radical (unpaired) electrons. The van der Waals surface area contributed by atoms with E-state index < -0.39 is 115 Å². The maximum atomic E-state index is 14.3. The first-order valence-electron chi connectivity index (χ1n) is 25.8. The fraction of sp³-hybridized carbons (Fsp3) is 0.612. The molecule has 1 aromatic carbocycles. The number of amides is 8. The van der Waals surface area contributed by atoms with E-state index in [0.29, 0.717) is 44.1 Å². The number of aliphatic carboxylic acids is 1. The minimum atomic E-state index is -1.55. The lowest BCUT2D eigenvalue weighted by Crippen LogP contribution is -2.59. The Bertz CT molecular complexity index is 2460. The van der Waals surface area contributed by atoms with E-state index in [2.05, 4.69) is 41.6 Å². The molecule has 8 amide bonds. The molecule has 3 fully saturated rings. The topological polar surface area (TPSA) is 435 Å². The van der Waals surface area contributed by atoms with Crippen LogP contribution in [0.15, 0.2) is 40.4 Å². The van der Waals surface area contributed by atoms with E-state index in [-0.39, 0.29) is 89.1 Å². The van der Waals surface area contributed by atoms with Crippen molar-refractivity contribution in [2.24, 2.45) is 44.6 Å². The fourth-order valence-corrected chi connectivity index (χ4v) is 9.85. The van der Waals surface area contributed by atoms with E-state index in [0.717, 1.165) is 10.9 Å². The van der Waals surface area contributed by atoms with Gasteiger partial charge in [0, 0.05) is 56.2 Å². The van der Waals surface area contributed by atoms with Gasteiger partial charge >= 0.3 is 5.97 Å². The van der Waals surface area contributed by atoms with E-state index in [1.807, 2.05) is 32.0 Å². The summed E-state index contributed by atoms with van der Waals surface area (Å²) >= 11 is 0. The number of nitrogens with one attached hydrogen (secondary N) is 6. The highest BCUT2D eigenvalue weighted by Gasteiger charge is 2.44. The standard InChI is InChI=1S/C49H76N16O11/c1-27(2)22-34(47(75)76)61-43(71)37-15-8-19-63(37)45(73)35(26-66)62-41(69)33(23-28-24-57-31-12-4-3-10-29(28)31)59-39(67)25-58-42(70)36-14-7-20-64(36)46(74)38-16-9-21-65(38)44(72)32(13-6-18-56-49(53)54)60-40(68)30(50)11-5-17-55-48(51)52/h3-4,10,12,24,27,30,32-38,57,66H,5-9,11,13-23,25-26,50H2,1-2H3,(H,58,70)(H,59,67)(H,60,68)(H,61,71)(H,62,69)(H,75,76)(H4,51,52,55)(H4,53,54,56)/t30-,32-,33-,34-,35-,36-,37-,38-/m0/s1. The van der Waals surface area contributed by atoms with Gasteiger partial charge in [-0.3, -0.25) is 48.3 Å². The number of aliphatic imine (C=N–C) groups is 2. The Labute approximate surface area is 440 Å². The van der Waals surface area contributed by atoms with Gasteiger partial charge in [0.25, 0.3) is 0 Å². The first kappa shape index (κ1) is 59.3. The normalized spacial score (nSPS) is 19.2. The molecule has 5 rings (SSSR count). The fourth-order valence-electron chi connectivity index (χ4n) is 9.85. The minimum Gasteiger partial charge on any atom is -0.480 e. The highest BCUT2D eigenvalue weighted by Crippen LogP contribution is 2.27. The lowest BCUT2D eigenvalue weighted by Gasteiger charge is -2.33. The number of hydrogen-bond donors (Lipinski definition) is 13. The monoisotopic (exact) mass is 1060 g/mol. The Hall–Kier alpha value is -7.55. The van der Waals surface area contributed by atoms with Gasteiger partial charge in [0.1, 0.15) is 42.3 Å². The second-order valence-corrected chi connectivity index (χ2v) is 19.8. The summed E-state index contributed by atoms with van der Waals surface area (Å²) in [6.07, 6.45) is 4.86. The second-order valence-electron chi connectivity index (χ2n) is 19.8. The number of nitrogens with two attached hydrogens (primary N) is 5. The largest absolute Gasteiger partial charge is 0.480 e. The van der Waals surface area contributed by atoms with Crippen molar-refractivity contribution >= 4 is 76.0 Å². The van der Waals surface area contributed by atoms with Crippen LogP contribution in [0.5, 0.6) is 0 Å². The number of carboxylic acids is 1. The average molecular weight is 1070 g/mol. The van der Waals surface area contributed by atoms with Gasteiger partial charge in [0.15, 0.2) is 11.9 Å². The van der Waals surface area contributed by atoms with Crippen LogP contribution in [0.25, 0.3) is 10.9 Å². The maximum absolute atomic E-state index is 14.3. The molecular formula is C49H76N16O11. The summed E-state index contributed by atoms with van der Waals surface area (Å²) in [5.74, 6) is -6.87. The van der Waals surface area contributed by atoms with Crippen LogP contribution in [0.2, 0.25) is 0 Å². The molecule has 3 aliphatic rings. The number of aromatic nitrogens is 1. The quantitative estimate of drug-likeness (QED) is 0.0233. The number of para-hydroxylation sites is 1. The molecule has 0 unspecified atom stereocenters. The number of guanidine groups is 2. The number of aromatic amines is 1. The van der Waals surface area contributed by atoms with Crippen molar-refractivity contribution < 1.29 is 53.4 Å². The summed E-state index contributed by atoms with van der Waals surface area (Å²) in [7, 11) is 0. The molecule has 27 nitrogen and oxygen atoms in total. The lowest BCUT2D eigenvalue weighted by atomic mass is 10.0. The molecule has 418 valence electrons. The van der Waals surface area contributed by atoms with Crippen molar-refractivity contribution in [1.29, 1.82) is 0 Å². The van der Waals surface area contributed by atoms with E-state index >= 15 is 0 Å². The van der Waals surface area contributed by atoms with Gasteiger partial charge in [-0.05, 0) is 88.2 Å². The molecule has 3 aliphatic heterocycles. The number of benzene rings is 1. The molecule has 0 spiro atoms. The van der Waals surface area contributed by atoms with Crippen LogP contribution in [0.3, 0.4) is 0 Å². The number of nitrogens with zero attached hydrogens (tertiary/aromatic N) is 5. The van der Waals surface area contributed by atoms with Crippen molar-refractivity contribution in [2.75, 3.05) is 45.9 Å². The number of carbonyl (C=O) groups is 9. The Morgan fingerprint density at radius 1 is 0.697 bits per heavy atom. The zero-order chi connectivity index (χ0) is 55.6. The van der Waals surface area contributed by atoms with Gasteiger partial charge in [0.05, 0.1) is 19.2 Å². The second kappa shape index (κ2) is 28.4. The number of fused-ring (bicyclic) bond motifs is 1. The predicted molar refractivity (Wildman–Crippen MR) is 279 cm³/mol. The molecule has 0 bridgehead atoms. The lowest BCUT2D eigenvalue weighted by molar-refractivity contribution is -0.148. The van der Waals surface area contributed by atoms with E-state index in [1.165, 1.54) is 14.7 Å². The number of aliphatic hydroxyl groups is 1. The molecule has 18 N–H and O–H groups in total. The van der Waals surface area contributed by atoms with Crippen molar-refractivity contribution in [3.8, 4) is 0 Å². The Morgan fingerprint density at radius 2 is 1.26 bits per heavy atom. The van der Waals surface area contributed by atoms with E-state index in [4.69, 9.17) is 28.7 Å². The van der Waals surface area contributed by atoms with Gasteiger partial charge < -0.3 is 85.1 Å². The van der Waals surface area contributed by atoms with Crippen LogP contribution in [0.4, 0.5) is 0 Å². The highest BCUT2D eigenvalue weighted by atomic mass is 16.4. The van der Waals surface area contributed by atoms with Crippen LogP contribution in [-0.4, -0.2) is 189 Å². The molecule has 4 heterocycles. The summed E-state index contributed by atoms with van der Waals surface area (Å²) in [5.41, 5.74) is 29.3. The molecular weight excluding hydrogens is 989 g/mol. The van der Waals surface area contributed by atoms with Crippen LogP contribution < -0.4 is 55.3 Å². The van der Waals surface area contributed by atoms with Crippen molar-refractivity contribution in [3.63, 3.8) is 0 Å². The summed E-state index contributed by atoms with van der Waals surface area (Å²) in [6.45, 7) is 3.04. The van der Waals surface area contributed by atoms with Gasteiger partial charge in [-0.2, -0.15) is 0 Å². The van der Waals surface area contributed by atoms with E-state index in [9.17, 15) is 53.4 Å². The number of hydrogen-bond acceptors (Lipinski definition) is 13. The van der Waals surface area contributed by atoms with Crippen molar-refractivity contribution in [2.45, 2.75) is 139 Å². The smallest absolute Gasteiger partial charge is 0.326 e. The Morgan fingerprint density at radius 3 is 1.88 bits per heavy atom. The zero-order valence-corrected chi connectivity index (χ0v) is 43.2. The summed E-state index contributed by atoms with van der Waals surface area (Å²) in [6, 6.07) is -1.96. The Kier molecular flexibility index (Phi) is 22.2. The van der Waals surface area contributed by atoms with E-state index in [1.54, 1.807) is 12.3 Å². The molecule has 27 heteroatoms. The molecule has 1 aromatic heterocycles. The third-order valence-corrected chi connectivity index (χ3v) is 13.7. The van der Waals surface area contributed by atoms with Gasteiger partial charge in [0.2, 0.25) is 47.3 Å². The highest BCUT2D eigenvalue weighted by molar-refractivity contribution is 5.98. The van der Waals surface area contributed by atoms with Crippen LogP contribution in [0, 0.1) is 5.92 Å². The number of rotatable bonds is 27. The first-order chi connectivity index (χ1) is 36.2. The number of H-pyrrole nitrogens is 1. The minimum absolute atomic E-state index is 0.0508. The molecule has 2 aromatic rings. The molecule has 76 heavy (non-hydrogen) atoms. The third kappa shape index (κ3) is 16.5. The third-order valence-electron chi connectivity index (χ3n) is 13.7. The van der Waals surface area contributed by atoms with Gasteiger partial charge in [-0.15, -0.1) is 0 Å². The summed E-state index contributed by atoms with van der Waals surface area (Å²) in [4.78, 5) is 138. The zero-order valence-electron chi connectivity index (χ0n) is 43.2. The summed E-state index contributed by atoms with van der Waals surface area (Å²) < 4.78 is 0. The SMILES string of the molecule is CC(C)C[C@H](NC(=O)[C@@H]1CCCN1C(=O)[C@H](CO)NC(=O)[C@H](Cc1c[nH]c2ccccc12)NC(=O)CNC(=O)[C@@H]1CCCN1C(=O)[C@@H]1CCCN1C(=O)[C@H](CCCN=C(N)N)NC(=O)[C@@H](N)CCCN=C(N)N)C(=O)O. The van der Waals surface area contributed by atoms with Crippen molar-refractivity contribution in [1.82, 2.24) is 46.3 Å². The maximum Gasteiger partial charge on any atom is 0.326 e. The van der Waals surface area contributed by atoms with Crippen molar-refractivity contribution in [3.05, 3.63) is 36.0 Å². The average Bonchev–Trinajstić information content (AvgIpc) is 4.23. The predicted octanol–water partition coefficient (Wildman–Crippen LogP) is -3.70. The number of carboxylic acid groups (broad SMARTS) is 1. The summed E-state index contributed by atoms with van der Waals surface area (Å²) in [5, 5.41) is 33.9. The molecule has 0 saturated carbocycles. The first-order valence-corrected chi connectivity index (χ1v) is 25.8.